The van der Waals surface area contributed by atoms with E-state index in [1.807, 2.05) is 62.4 Å². The van der Waals surface area contributed by atoms with E-state index in [0.717, 1.165) is 34.3 Å². The van der Waals surface area contributed by atoms with Gasteiger partial charge in [0.15, 0.2) is 0 Å². The van der Waals surface area contributed by atoms with Gasteiger partial charge in [-0.3, -0.25) is 0 Å². The minimum Gasteiger partial charge on any atom is -0.492 e. The molecule has 0 bridgehead atoms. The fourth-order valence-corrected chi connectivity index (χ4v) is 3.37. The second-order valence-electron chi connectivity index (χ2n) is 6.67. The number of fused-ring (bicyclic) bond motifs is 1. The van der Waals surface area contributed by atoms with Gasteiger partial charge in [-0.2, -0.15) is 14.6 Å². The zero-order valence-electron chi connectivity index (χ0n) is 17.1. The van der Waals surface area contributed by atoms with Crippen molar-refractivity contribution in [1.29, 1.82) is 0 Å². The summed E-state index contributed by atoms with van der Waals surface area (Å²) < 4.78 is 13.4. The van der Waals surface area contributed by atoms with Gasteiger partial charge in [-0.1, -0.05) is 0 Å². The number of anilines is 1. The lowest BCUT2D eigenvalue weighted by atomic mass is 10.2. The van der Waals surface area contributed by atoms with Gasteiger partial charge in [0.05, 0.1) is 6.54 Å². The van der Waals surface area contributed by atoms with Crippen molar-refractivity contribution in [3.8, 4) is 17.2 Å². The molecule has 0 spiro atoms. The Morgan fingerprint density at radius 3 is 2.33 bits per heavy atom. The molecule has 2 aromatic carbocycles. The number of benzene rings is 2. The van der Waals surface area contributed by atoms with Gasteiger partial charge in [0.1, 0.15) is 36.0 Å². The number of thioether (sulfide) groups is 1. The highest BCUT2D eigenvalue weighted by atomic mass is 32.2. The van der Waals surface area contributed by atoms with Gasteiger partial charge < -0.3 is 14.8 Å². The molecule has 4 rings (SSSR count). The maximum atomic E-state index is 5.88. The van der Waals surface area contributed by atoms with Crippen LogP contribution in [-0.2, 0) is 0 Å². The summed E-state index contributed by atoms with van der Waals surface area (Å²) in [5.41, 5.74) is 1.97. The van der Waals surface area contributed by atoms with Gasteiger partial charge in [0, 0.05) is 16.2 Å². The molecule has 154 valence electrons. The quantitative estimate of drug-likeness (QED) is 0.325. The minimum atomic E-state index is 0.507. The first-order valence-corrected chi connectivity index (χ1v) is 10.8. The van der Waals surface area contributed by atoms with Crippen molar-refractivity contribution < 1.29 is 9.47 Å². The van der Waals surface area contributed by atoms with Crippen LogP contribution in [0.1, 0.15) is 11.3 Å². The molecule has 0 aliphatic rings. The number of hydrogen-bond acceptors (Lipinski definition) is 7. The average molecular weight is 422 g/mol. The van der Waals surface area contributed by atoms with Gasteiger partial charge in [0.2, 0.25) is 0 Å². The number of aryl methyl sites for hydroxylation is 1. The van der Waals surface area contributed by atoms with E-state index in [-0.39, 0.29) is 0 Å². The topological polar surface area (TPSA) is 73.6 Å². The third-order valence-corrected chi connectivity index (χ3v) is 5.43. The Kier molecular flexibility index (Phi) is 6.04. The van der Waals surface area contributed by atoms with E-state index in [1.54, 1.807) is 16.3 Å². The number of nitrogens with one attached hydrogen (secondary N) is 1. The van der Waals surface area contributed by atoms with Crippen LogP contribution < -0.4 is 14.8 Å². The molecular formula is C22H23N5O2S. The fourth-order valence-electron chi connectivity index (χ4n) is 2.96. The van der Waals surface area contributed by atoms with Gasteiger partial charge in [-0.15, -0.1) is 11.8 Å². The van der Waals surface area contributed by atoms with Crippen LogP contribution in [-0.4, -0.2) is 39.0 Å². The first-order valence-electron chi connectivity index (χ1n) is 9.59. The van der Waals surface area contributed by atoms with E-state index < -0.39 is 0 Å². The van der Waals surface area contributed by atoms with E-state index >= 15 is 0 Å². The summed E-state index contributed by atoms with van der Waals surface area (Å²) >= 11 is 1.71. The largest absolute Gasteiger partial charge is 0.492 e. The molecule has 30 heavy (non-hydrogen) atoms. The number of rotatable bonds is 8. The first kappa shape index (κ1) is 20.0. The Morgan fingerprint density at radius 1 is 0.967 bits per heavy atom. The molecule has 7 nitrogen and oxygen atoms in total. The molecule has 1 N–H and O–H groups in total. The minimum absolute atomic E-state index is 0.507. The Balaban J connectivity index is 1.30. The SMILES string of the molecule is CSc1ccc(Oc2ccc(OCCNc3c(C)c(C)nc4ncnn34)cc2)cc1. The van der Waals surface area contributed by atoms with Crippen molar-refractivity contribution >= 4 is 23.4 Å². The predicted octanol–water partition coefficient (Wildman–Crippen LogP) is 4.75. The molecule has 2 heterocycles. The van der Waals surface area contributed by atoms with E-state index in [2.05, 4.69) is 26.6 Å². The van der Waals surface area contributed by atoms with Crippen LogP contribution in [0.3, 0.4) is 0 Å². The first-order chi connectivity index (χ1) is 14.6. The van der Waals surface area contributed by atoms with E-state index in [0.29, 0.717) is 18.9 Å². The van der Waals surface area contributed by atoms with E-state index in [9.17, 15) is 0 Å². The fraction of sp³-hybridized carbons (Fsp3) is 0.227. The molecule has 8 heteroatoms. The average Bonchev–Trinajstić information content (AvgIpc) is 3.23. The van der Waals surface area contributed by atoms with Crippen LogP contribution in [0.25, 0.3) is 5.78 Å². The van der Waals surface area contributed by atoms with Crippen molar-refractivity contribution in [3.63, 3.8) is 0 Å². The lowest BCUT2D eigenvalue weighted by Crippen LogP contribution is -2.16. The number of aromatic nitrogens is 4. The second-order valence-corrected chi connectivity index (χ2v) is 7.55. The van der Waals surface area contributed by atoms with E-state index in [1.165, 1.54) is 11.2 Å². The summed E-state index contributed by atoms with van der Waals surface area (Å²) in [5.74, 6) is 3.84. The van der Waals surface area contributed by atoms with Crippen molar-refractivity contribution in [3.05, 3.63) is 66.1 Å². The zero-order valence-corrected chi connectivity index (χ0v) is 17.9. The monoisotopic (exact) mass is 421 g/mol. The van der Waals surface area contributed by atoms with Crippen LogP contribution in [0.4, 0.5) is 5.82 Å². The Hall–Kier alpha value is -3.26. The number of nitrogens with zero attached hydrogens (tertiary/aromatic N) is 4. The van der Waals surface area contributed by atoms with Crippen LogP contribution in [0.2, 0.25) is 0 Å². The smallest absolute Gasteiger partial charge is 0.254 e. The van der Waals surface area contributed by atoms with Gasteiger partial charge >= 0.3 is 0 Å². The second kappa shape index (κ2) is 9.04. The molecule has 0 saturated carbocycles. The normalized spacial score (nSPS) is 10.9. The zero-order chi connectivity index (χ0) is 20.9. The molecule has 0 atom stereocenters. The molecule has 0 amide bonds. The van der Waals surface area contributed by atoms with Crippen molar-refractivity contribution in [2.24, 2.45) is 0 Å². The maximum Gasteiger partial charge on any atom is 0.254 e. The van der Waals surface area contributed by atoms with E-state index in [4.69, 9.17) is 9.47 Å². The van der Waals surface area contributed by atoms with Crippen LogP contribution in [0, 0.1) is 13.8 Å². The van der Waals surface area contributed by atoms with Crippen LogP contribution in [0.5, 0.6) is 17.2 Å². The van der Waals surface area contributed by atoms with Crippen LogP contribution >= 0.6 is 11.8 Å². The molecule has 0 radical (unpaired) electrons. The number of ether oxygens (including phenoxy) is 2. The van der Waals surface area contributed by atoms with Crippen molar-refractivity contribution in [1.82, 2.24) is 19.6 Å². The molecule has 2 aromatic heterocycles. The molecular weight excluding hydrogens is 398 g/mol. The highest BCUT2D eigenvalue weighted by Gasteiger charge is 2.10. The summed E-state index contributed by atoms with van der Waals surface area (Å²) in [6.07, 6.45) is 3.56. The van der Waals surface area contributed by atoms with Crippen LogP contribution in [0.15, 0.2) is 59.8 Å². The Labute approximate surface area is 179 Å². The summed E-state index contributed by atoms with van der Waals surface area (Å²) in [6.45, 7) is 5.11. The summed E-state index contributed by atoms with van der Waals surface area (Å²) in [6, 6.07) is 15.6. The highest BCUT2D eigenvalue weighted by molar-refractivity contribution is 7.98. The third kappa shape index (κ3) is 4.49. The Morgan fingerprint density at radius 2 is 1.63 bits per heavy atom. The maximum absolute atomic E-state index is 5.88. The molecule has 4 aromatic rings. The van der Waals surface area contributed by atoms with Gasteiger partial charge in [-0.05, 0) is 68.6 Å². The number of hydrogen-bond donors (Lipinski definition) is 1. The molecule has 0 aliphatic heterocycles. The van der Waals surface area contributed by atoms with Crippen molar-refractivity contribution in [2.45, 2.75) is 18.7 Å². The van der Waals surface area contributed by atoms with Gasteiger partial charge in [-0.25, -0.2) is 4.98 Å². The molecule has 0 fully saturated rings. The van der Waals surface area contributed by atoms with Gasteiger partial charge in [0.25, 0.3) is 5.78 Å². The summed E-state index contributed by atoms with van der Waals surface area (Å²) in [4.78, 5) is 9.79. The molecule has 0 aliphatic carbocycles. The summed E-state index contributed by atoms with van der Waals surface area (Å²) in [7, 11) is 0. The lowest BCUT2D eigenvalue weighted by molar-refractivity contribution is 0.332. The molecule has 0 saturated heterocycles. The van der Waals surface area contributed by atoms with Crippen molar-refractivity contribution in [2.75, 3.05) is 24.7 Å². The predicted molar refractivity (Wildman–Crippen MR) is 119 cm³/mol. The lowest BCUT2D eigenvalue weighted by Gasteiger charge is -2.13. The Bertz CT molecular complexity index is 1130. The standard InChI is InChI=1S/C22H23N5O2S/c1-15-16(2)26-22-24-14-25-27(22)21(15)23-12-13-28-17-4-6-18(7-5-17)29-19-8-10-20(30-3)11-9-19/h4-11,14,23H,12-13H2,1-3H3. The molecule has 0 unspecified atom stereocenters. The highest BCUT2D eigenvalue weighted by Crippen LogP contribution is 2.26. The third-order valence-electron chi connectivity index (χ3n) is 4.69. The summed E-state index contributed by atoms with van der Waals surface area (Å²) in [5, 5.41) is 7.61.